The highest BCUT2D eigenvalue weighted by Gasteiger charge is 2.35. The largest absolute Gasteiger partial charge is 0.416 e. The van der Waals surface area contributed by atoms with E-state index >= 15 is 0 Å². The molecule has 2 rings (SSSR count). The minimum Gasteiger partial charge on any atom is -0.392 e. The molecule has 0 amide bonds. The highest BCUT2D eigenvalue weighted by Crippen LogP contribution is 2.38. The van der Waals surface area contributed by atoms with Crippen LogP contribution in [0.3, 0.4) is 0 Å². The Morgan fingerprint density at radius 1 is 1.22 bits per heavy atom. The molecule has 1 saturated heterocycles. The maximum absolute atomic E-state index is 13.0. The van der Waals surface area contributed by atoms with Crippen molar-refractivity contribution in [2.75, 3.05) is 13.2 Å². The van der Waals surface area contributed by atoms with Crippen LogP contribution in [-0.4, -0.2) is 18.3 Å². The maximum Gasteiger partial charge on any atom is 0.416 e. The third kappa shape index (κ3) is 2.84. The number of ether oxygens (including phenoxy) is 1. The molecule has 0 radical (unpaired) electrons. The molecule has 0 atom stereocenters. The van der Waals surface area contributed by atoms with Crippen LogP contribution in [0.1, 0.15) is 35.4 Å². The van der Waals surface area contributed by atoms with Gasteiger partial charge in [0.05, 0.1) is 12.2 Å². The van der Waals surface area contributed by atoms with Gasteiger partial charge in [-0.2, -0.15) is 13.2 Å². The molecule has 1 aromatic carbocycles. The third-order valence-electron chi connectivity index (χ3n) is 3.27. The quantitative estimate of drug-likeness (QED) is 0.885. The zero-order chi connectivity index (χ0) is 13.2. The van der Waals surface area contributed by atoms with Gasteiger partial charge in [-0.15, -0.1) is 0 Å². The number of halogens is 3. The van der Waals surface area contributed by atoms with Gasteiger partial charge in [-0.25, -0.2) is 0 Å². The Labute approximate surface area is 103 Å². The Morgan fingerprint density at radius 3 is 2.44 bits per heavy atom. The predicted molar refractivity (Wildman–Crippen MR) is 60.2 cm³/mol. The van der Waals surface area contributed by atoms with Gasteiger partial charge in [-0.3, -0.25) is 0 Å². The second-order valence-electron chi connectivity index (χ2n) is 4.46. The summed E-state index contributed by atoms with van der Waals surface area (Å²) < 4.78 is 44.2. The highest BCUT2D eigenvalue weighted by atomic mass is 19.4. The van der Waals surface area contributed by atoms with Gasteiger partial charge in [0.1, 0.15) is 0 Å². The lowest BCUT2D eigenvalue weighted by atomic mass is 9.87. The predicted octanol–water partition coefficient (Wildman–Crippen LogP) is 3.09. The van der Waals surface area contributed by atoms with Crippen LogP contribution in [0.15, 0.2) is 18.2 Å². The summed E-state index contributed by atoms with van der Waals surface area (Å²) in [7, 11) is 0. The normalized spacial score (nSPS) is 18.0. The van der Waals surface area contributed by atoms with Crippen molar-refractivity contribution in [3.05, 3.63) is 34.9 Å². The van der Waals surface area contributed by atoms with Gasteiger partial charge < -0.3 is 9.84 Å². The van der Waals surface area contributed by atoms with Crippen LogP contribution in [0.25, 0.3) is 0 Å². The van der Waals surface area contributed by atoms with Gasteiger partial charge in [0, 0.05) is 13.2 Å². The molecule has 0 saturated carbocycles. The molecule has 1 aliphatic rings. The summed E-state index contributed by atoms with van der Waals surface area (Å²) in [4.78, 5) is 0. The number of rotatable bonds is 2. The third-order valence-corrected chi connectivity index (χ3v) is 3.27. The van der Waals surface area contributed by atoms with Crippen molar-refractivity contribution in [1.82, 2.24) is 0 Å². The minimum atomic E-state index is -4.38. The first-order valence-electron chi connectivity index (χ1n) is 5.91. The maximum atomic E-state index is 13.0. The van der Waals surface area contributed by atoms with Crippen LogP contribution in [0.5, 0.6) is 0 Å². The summed E-state index contributed by atoms with van der Waals surface area (Å²) in [6.07, 6.45) is -3.15. The lowest BCUT2D eigenvalue weighted by molar-refractivity contribution is -0.138. The Bertz CT molecular complexity index is 409. The molecule has 100 valence electrons. The van der Waals surface area contributed by atoms with Crippen LogP contribution in [0.4, 0.5) is 13.2 Å². The second-order valence-corrected chi connectivity index (χ2v) is 4.46. The average Bonchev–Trinajstić information content (AvgIpc) is 2.38. The number of aliphatic hydroxyl groups is 1. The van der Waals surface area contributed by atoms with Gasteiger partial charge in [0.2, 0.25) is 0 Å². The van der Waals surface area contributed by atoms with E-state index in [-0.39, 0.29) is 18.1 Å². The molecular formula is C13H15F3O2. The molecule has 0 aliphatic carbocycles. The molecule has 1 aromatic rings. The highest BCUT2D eigenvalue weighted by molar-refractivity contribution is 5.36. The first-order chi connectivity index (χ1) is 8.52. The van der Waals surface area contributed by atoms with E-state index < -0.39 is 11.7 Å². The van der Waals surface area contributed by atoms with Gasteiger partial charge >= 0.3 is 6.18 Å². The standard InChI is InChI=1S/C13H15F3O2/c14-13(15,16)12-7-9(8-17)1-2-11(12)10-3-5-18-6-4-10/h1-2,7,10,17H,3-6,8H2. The number of hydrogen-bond donors (Lipinski definition) is 1. The van der Waals surface area contributed by atoms with Crippen LogP contribution < -0.4 is 0 Å². The van der Waals surface area contributed by atoms with Crippen molar-refractivity contribution in [3.63, 3.8) is 0 Å². The fraction of sp³-hybridized carbons (Fsp3) is 0.538. The van der Waals surface area contributed by atoms with E-state index in [4.69, 9.17) is 9.84 Å². The van der Waals surface area contributed by atoms with E-state index in [9.17, 15) is 13.2 Å². The van der Waals surface area contributed by atoms with E-state index in [1.54, 1.807) is 6.07 Å². The summed E-state index contributed by atoms with van der Waals surface area (Å²) in [6, 6.07) is 4.09. The molecular weight excluding hydrogens is 245 g/mol. The fourth-order valence-electron chi connectivity index (χ4n) is 2.31. The number of aliphatic hydroxyl groups excluding tert-OH is 1. The molecule has 0 unspecified atom stereocenters. The molecule has 18 heavy (non-hydrogen) atoms. The van der Waals surface area contributed by atoms with Crippen LogP contribution in [-0.2, 0) is 17.5 Å². The summed E-state index contributed by atoms with van der Waals surface area (Å²) in [5.74, 6) is -0.108. The van der Waals surface area contributed by atoms with Crippen molar-refractivity contribution < 1.29 is 23.0 Å². The topological polar surface area (TPSA) is 29.5 Å². The van der Waals surface area contributed by atoms with Crippen LogP contribution in [0.2, 0.25) is 0 Å². The number of benzene rings is 1. The van der Waals surface area contributed by atoms with Crippen LogP contribution >= 0.6 is 0 Å². The Balaban J connectivity index is 2.38. The fourth-order valence-corrected chi connectivity index (χ4v) is 2.31. The lowest BCUT2D eigenvalue weighted by Gasteiger charge is -2.25. The van der Waals surface area contributed by atoms with Gasteiger partial charge in [-0.05, 0) is 36.0 Å². The molecule has 0 spiro atoms. The number of alkyl halides is 3. The van der Waals surface area contributed by atoms with Gasteiger partial charge in [0.15, 0.2) is 0 Å². The SMILES string of the molecule is OCc1ccc(C2CCOCC2)c(C(F)(F)F)c1. The van der Waals surface area contributed by atoms with Crippen molar-refractivity contribution in [2.24, 2.45) is 0 Å². The zero-order valence-electron chi connectivity index (χ0n) is 9.83. The average molecular weight is 260 g/mol. The molecule has 0 aromatic heterocycles. The molecule has 1 fully saturated rings. The summed E-state index contributed by atoms with van der Waals surface area (Å²) in [5.41, 5.74) is -0.0120. The first-order valence-corrected chi connectivity index (χ1v) is 5.91. The van der Waals surface area contributed by atoms with Gasteiger partial charge in [0.25, 0.3) is 0 Å². The van der Waals surface area contributed by atoms with E-state index in [0.717, 1.165) is 6.07 Å². The first kappa shape index (κ1) is 13.4. The summed E-state index contributed by atoms with van der Waals surface area (Å²) in [6.45, 7) is 0.630. The Morgan fingerprint density at radius 2 is 1.89 bits per heavy atom. The smallest absolute Gasteiger partial charge is 0.392 e. The van der Waals surface area contributed by atoms with E-state index in [1.165, 1.54) is 6.07 Å². The summed E-state index contributed by atoms with van der Waals surface area (Å²) >= 11 is 0. The molecule has 5 heteroatoms. The van der Waals surface area contributed by atoms with Crippen molar-refractivity contribution in [1.29, 1.82) is 0 Å². The molecule has 2 nitrogen and oxygen atoms in total. The van der Waals surface area contributed by atoms with E-state index in [0.29, 0.717) is 31.6 Å². The van der Waals surface area contributed by atoms with Crippen molar-refractivity contribution in [3.8, 4) is 0 Å². The monoisotopic (exact) mass is 260 g/mol. The van der Waals surface area contributed by atoms with E-state index in [2.05, 4.69) is 0 Å². The second kappa shape index (κ2) is 5.28. The Hall–Kier alpha value is -1.07. The zero-order valence-corrected chi connectivity index (χ0v) is 9.83. The van der Waals surface area contributed by atoms with Crippen molar-refractivity contribution >= 4 is 0 Å². The number of hydrogen-bond acceptors (Lipinski definition) is 2. The summed E-state index contributed by atoms with van der Waals surface area (Å²) in [5, 5.41) is 8.94. The minimum absolute atomic E-state index is 0.108. The molecule has 0 bridgehead atoms. The van der Waals surface area contributed by atoms with Gasteiger partial charge in [-0.1, -0.05) is 12.1 Å². The van der Waals surface area contributed by atoms with Crippen molar-refractivity contribution in [2.45, 2.75) is 31.5 Å². The molecule has 1 N–H and O–H groups in total. The molecule has 1 heterocycles. The lowest BCUT2D eigenvalue weighted by Crippen LogP contribution is -2.18. The van der Waals surface area contributed by atoms with E-state index in [1.807, 2.05) is 0 Å². The molecule has 1 aliphatic heterocycles. The van der Waals surface area contributed by atoms with Crippen LogP contribution in [0, 0.1) is 0 Å². The Kier molecular flexibility index (Phi) is 3.92.